The minimum Gasteiger partial charge on any atom is -0.481 e. The predicted molar refractivity (Wildman–Crippen MR) is 70.2 cm³/mol. The SMILES string of the molecule is CC(CNC(=O)CCC1CCCCC1)CC(=O)O. The van der Waals surface area contributed by atoms with E-state index < -0.39 is 5.97 Å². The molecule has 1 unspecified atom stereocenters. The monoisotopic (exact) mass is 255 g/mol. The van der Waals surface area contributed by atoms with Gasteiger partial charge in [-0.1, -0.05) is 39.0 Å². The van der Waals surface area contributed by atoms with Crippen molar-refractivity contribution in [1.82, 2.24) is 5.32 Å². The lowest BCUT2D eigenvalue weighted by atomic mass is 9.86. The molecule has 104 valence electrons. The highest BCUT2D eigenvalue weighted by molar-refractivity contribution is 5.76. The second-order valence-electron chi connectivity index (χ2n) is 5.55. The van der Waals surface area contributed by atoms with Gasteiger partial charge in [0.1, 0.15) is 0 Å². The lowest BCUT2D eigenvalue weighted by molar-refractivity contribution is -0.138. The fraction of sp³-hybridized carbons (Fsp3) is 0.857. The van der Waals surface area contributed by atoms with E-state index in [0.717, 1.165) is 12.3 Å². The lowest BCUT2D eigenvalue weighted by Gasteiger charge is -2.21. The van der Waals surface area contributed by atoms with Gasteiger partial charge in [0.25, 0.3) is 0 Å². The van der Waals surface area contributed by atoms with E-state index in [4.69, 9.17) is 5.11 Å². The number of hydrogen-bond acceptors (Lipinski definition) is 2. The third-order valence-electron chi connectivity index (χ3n) is 3.68. The molecule has 0 bridgehead atoms. The number of carbonyl (C=O) groups is 2. The maximum Gasteiger partial charge on any atom is 0.303 e. The zero-order chi connectivity index (χ0) is 13.4. The van der Waals surface area contributed by atoms with Gasteiger partial charge in [0.05, 0.1) is 0 Å². The highest BCUT2D eigenvalue weighted by Crippen LogP contribution is 2.27. The van der Waals surface area contributed by atoms with E-state index in [-0.39, 0.29) is 18.2 Å². The zero-order valence-electron chi connectivity index (χ0n) is 11.3. The number of carboxylic acids is 1. The van der Waals surface area contributed by atoms with E-state index in [2.05, 4.69) is 5.32 Å². The van der Waals surface area contributed by atoms with Crippen LogP contribution in [0.4, 0.5) is 0 Å². The van der Waals surface area contributed by atoms with Crippen molar-refractivity contribution in [3.8, 4) is 0 Å². The van der Waals surface area contributed by atoms with Crippen LogP contribution in [0.15, 0.2) is 0 Å². The smallest absolute Gasteiger partial charge is 0.303 e. The van der Waals surface area contributed by atoms with Gasteiger partial charge in [0.15, 0.2) is 0 Å². The fourth-order valence-electron chi connectivity index (χ4n) is 2.56. The molecular formula is C14H25NO3. The molecule has 1 rings (SSSR count). The van der Waals surface area contributed by atoms with Crippen LogP contribution in [0, 0.1) is 11.8 Å². The van der Waals surface area contributed by atoms with E-state index >= 15 is 0 Å². The first-order valence-electron chi connectivity index (χ1n) is 7.06. The van der Waals surface area contributed by atoms with Crippen LogP contribution in [0.3, 0.4) is 0 Å². The Morgan fingerprint density at radius 3 is 2.56 bits per heavy atom. The van der Waals surface area contributed by atoms with Gasteiger partial charge in [-0.3, -0.25) is 9.59 Å². The lowest BCUT2D eigenvalue weighted by Crippen LogP contribution is -2.29. The molecule has 0 aromatic heterocycles. The van der Waals surface area contributed by atoms with E-state index in [9.17, 15) is 9.59 Å². The van der Waals surface area contributed by atoms with E-state index in [0.29, 0.717) is 13.0 Å². The molecule has 0 spiro atoms. The average Bonchev–Trinajstić information content (AvgIpc) is 2.34. The van der Waals surface area contributed by atoms with Crippen molar-refractivity contribution in [2.75, 3.05) is 6.54 Å². The van der Waals surface area contributed by atoms with Gasteiger partial charge >= 0.3 is 5.97 Å². The first kappa shape index (κ1) is 15.0. The van der Waals surface area contributed by atoms with Gasteiger partial charge in [-0.15, -0.1) is 0 Å². The van der Waals surface area contributed by atoms with Crippen LogP contribution in [-0.4, -0.2) is 23.5 Å². The summed E-state index contributed by atoms with van der Waals surface area (Å²) in [6.07, 6.45) is 8.18. The third-order valence-corrected chi connectivity index (χ3v) is 3.68. The summed E-state index contributed by atoms with van der Waals surface area (Å²) >= 11 is 0. The predicted octanol–water partition coefficient (Wildman–Crippen LogP) is 2.57. The van der Waals surface area contributed by atoms with Gasteiger partial charge < -0.3 is 10.4 Å². The van der Waals surface area contributed by atoms with Gasteiger partial charge in [-0.2, -0.15) is 0 Å². The van der Waals surface area contributed by atoms with E-state index in [1.165, 1.54) is 32.1 Å². The molecule has 4 heteroatoms. The second-order valence-corrected chi connectivity index (χ2v) is 5.55. The fourth-order valence-corrected chi connectivity index (χ4v) is 2.56. The molecule has 1 aliphatic carbocycles. The third kappa shape index (κ3) is 6.62. The first-order valence-corrected chi connectivity index (χ1v) is 7.06. The average molecular weight is 255 g/mol. The van der Waals surface area contributed by atoms with Crippen LogP contribution in [0.5, 0.6) is 0 Å². The van der Waals surface area contributed by atoms with Crippen LogP contribution in [-0.2, 0) is 9.59 Å². The van der Waals surface area contributed by atoms with Crippen LogP contribution in [0.1, 0.15) is 58.3 Å². The Morgan fingerprint density at radius 1 is 1.28 bits per heavy atom. The van der Waals surface area contributed by atoms with Crippen LogP contribution in [0.2, 0.25) is 0 Å². The molecule has 4 nitrogen and oxygen atoms in total. The summed E-state index contributed by atoms with van der Waals surface area (Å²) < 4.78 is 0. The Balaban J connectivity index is 2.07. The first-order chi connectivity index (χ1) is 8.58. The zero-order valence-corrected chi connectivity index (χ0v) is 11.3. The number of aliphatic carboxylic acids is 1. The van der Waals surface area contributed by atoms with Crippen molar-refractivity contribution in [3.63, 3.8) is 0 Å². The van der Waals surface area contributed by atoms with Crippen LogP contribution in [0.25, 0.3) is 0 Å². The molecule has 18 heavy (non-hydrogen) atoms. The van der Waals surface area contributed by atoms with Crippen LogP contribution < -0.4 is 5.32 Å². The molecular weight excluding hydrogens is 230 g/mol. The topological polar surface area (TPSA) is 66.4 Å². The molecule has 1 atom stereocenters. The van der Waals surface area contributed by atoms with E-state index in [1.54, 1.807) is 0 Å². The van der Waals surface area contributed by atoms with Gasteiger partial charge in [0.2, 0.25) is 5.91 Å². The number of nitrogens with one attached hydrogen (secondary N) is 1. The normalized spacial score (nSPS) is 18.3. The minimum atomic E-state index is -0.807. The number of carboxylic acid groups (broad SMARTS) is 1. The van der Waals surface area contributed by atoms with Crippen molar-refractivity contribution in [1.29, 1.82) is 0 Å². The Morgan fingerprint density at radius 2 is 1.94 bits per heavy atom. The summed E-state index contributed by atoms with van der Waals surface area (Å²) in [5.41, 5.74) is 0. The molecule has 0 saturated heterocycles. The number of amides is 1. The molecule has 0 heterocycles. The minimum absolute atomic E-state index is 0.00105. The molecule has 1 aliphatic rings. The summed E-state index contributed by atoms with van der Waals surface area (Å²) in [7, 11) is 0. The molecule has 0 aromatic rings. The van der Waals surface area contributed by atoms with Crippen molar-refractivity contribution >= 4 is 11.9 Å². The Kier molecular flexibility index (Phi) is 6.76. The van der Waals surface area contributed by atoms with Crippen molar-refractivity contribution < 1.29 is 14.7 Å². The second kappa shape index (κ2) is 8.11. The highest BCUT2D eigenvalue weighted by Gasteiger charge is 2.15. The summed E-state index contributed by atoms with van der Waals surface area (Å²) in [6, 6.07) is 0. The van der Waals surface area contributed by atoms with E-state index in [1.807, 2.05) is 6.92 Å². The van der Waals surface area contributed by atoms with Gasteiger partial charge in [-0.25, -0.2) is 0 Å². The molecule has 1 fully saturated rings. The molecule has 2 N–H and O–H groups in total. The molecule has 0 aliphatic heterocycles. The Labute approximate surface area is 109 Å². The Hall–Kier alpha value is -1.06. The largest absolute Gasteiger partial charge is 0.481 e. The van der Waals surface area contributed by atoms with Crippen molar-refractivity contribution in [2.24, 2.45) is 11.8 Å². The van der Waals surface area contributed by atoms with Gasteiger partial charge in [0, 0.05) is 19.4 Å². The summed E-state index contributed by atoms with van der Waals surface area (Å²) in [5.74, 6) is -0.0150. The summed E-state index contributed by atoms with van der Waals surface area (Å²) in [4.78, 5) is 22.1. The Bertz CT molecular complexity index is 272. The summed E-state index contributed by atoms with van der Waals surface area (Å²) in [5, 5.41) is 11.4. The number of hydrogen-bond donors (Lipinski definition) is 2. The number of rotatable bonds is 7. The quantitative estimate of drug-likeness (QED) is 0.734. The standard InChI is InChI=1S/C14H25NO3/c1-11(9-14(17)18)10-15-13(16)8-7-12-5-3-2-4-6-12/h11-12H,2-10H2,1H3,(H,15,16)(H,17,18). The molecule has 1 saturated carbocycles. The van der Waals surface area contributed by atoms with Gasteiger partial charge in [-0.05, 0) is 18.3 Å². The van der Waals surface area contributed by atoms with Crippen molar-refractivity contribution in [3.05, 3.63) is 0 Å². The molecule has 1 amide bonds. The molecule has 0 radical (unpaired) electrons. The maximum absolute atomic E-state index is 11.6. The summed E-state index contributed by atoms with van der Waals surface area (Å²) in [6.45, 7) is 2.31. The molecule has 0 aromatic carbocycles. The maximum atomic E-state index is 11.6. The highest BCUT2D eigenvalue weighted by atomic mass is 16.4. The van der Waals surface area contributed by atoms with Crippen LogP contribution >= 0.6 is 0 Å². The van der Waals surface area contributed by atoms with Crippen molar-refractivity contribution in [2.45, 2.75) is 58.3 Å². The number of carbonyl (C=O) groups excluding carboxylic acids is 1.